The van der Waals surface area contributed by atoms with Gasteiger partial charge in [-0.25, -0.2) is 0 Å². The molecule has 3 rings (SSSR count). The summed E-state index contributed by atoms with van der Waals surface area (Å²) in [5.41, 5.74) is 0.570. The number of fused-ring (bicyclic) bond motifs is 3. The number of carbonyl (C=O) groups is 1. The van der Waals surface area contributed by atoms with Gasteiger partial charge in [0.15, 0.2) is 0 Å². The van der Waals surface area contributed by atoms with Crippen LogP contribution in [0.15, 0.2) is 24.2 Å². The highest BCUT2D eigenvalue weighted by molar-refractivity contribution is 5.96. The van der Waals surface area contributed by atoms with Crippen molar-refractivity contribution in [1.29, 1.82) is 0 Å². The Kier molecular flexibility index (Phi) is 1.16. The number of hydrogen-bond acceptors (Lipinski definition) is 1. The van der Waals surface area contributed by atoms with Crippen molar-refractivity contribution in [2.24, 2.45) is 5.89 Å². The van der Waals surface area contributed by atoms with Crippen LogP contribution in [0.25, 0.3) is 0 Å². The third kappa shape index (κ3) is 1.36. The number of carbonyl (C=O) groups excluding carboxylic acids is 1. The Morgan fingerprint density at radius 3 is 3.07 bits per heavy atom. The van der Waals surface area contributed by atoms with E-state index >= 15 is 0 Å². The summed E-state index contributed by atoms with van der Waals surface area (Å²) in [6, 6.07) is -0.980. The van der Waals surface area contributed by atoms with Crippen molar-refractivity contribution in [2.75, 3.05) is 5.32 Å². The van der Waals surface area contributed by atoms with Crippen LogP contribution in [0.2, 0.25) is 0 Å². The molecule has 15 heavy (non-hydrogen) atoms. The molecular weight excluding hydrogens is 186 g/mol. The monoisotopic (exact) mass is 206 g/mol. The van der Waals surface area contributed by atoms with Crippen molar-refractivity contribution in [2.45, 2.75) is 31.6 Å². The van der Waals surface area contributed by atoms with Gasteiger partial charge in [-0.2, -0.15) is 0 Å². The normalized spacial score (nSPS) is 38.5. The highest BCUT2D eigenvalue weighted by Crippen LogP contribution is 2.44. The average Bonchev–Trinajstić information content (AvgIpc) is 2.43. The summed E-state index contributed by atoms with van der Waals surface area (Å²) in [6.45, 7) is 0. The fourth-order valence-corrected chi connectivity index (χ4v) is 2.48. The third-order valence-corrected chi connectivity index (χ3v) is 3.20. The first-order chi connectivity index (χ1) is 9.38. The van der Waals surface area contributed by atoms with Gasteiger partial charge in [-0.15, -0.1) is 0 Å². The molecule has 1 amide bonds. The van der Waals surface area contributed by atoms with Gasteiger partial charge in [0.1, 0.15) is 0 Å². The summed E-state index contributed by atoms with van der Waals surface area (Å²) in [4.78, 5) is 12.2. The molecule has 0 unspecified atom stereocenters. The standard InChI is InChI=1S/C13H15NO/c15-13-11-7-2-1-5-9(11)10-6-3-4-8-12(10)14-13/h3-4,6,8-9,11H,1-2,5,7H2,(H,14,15)/t9-,11+/m0/s1/i3D,4D,6D,8D,11D. The summed E-state index contributed by atoms with van der Waals surface area (Å²) in [5, 5.41) is 2.54. The van der Waals surface area contributed by atoms with Crippen LogP contribution in [-0.4, -0.2) is 5.91 Å². The van der Waals surface area contributed by atoms with E-state index in [9.17, 15) is 4.79 Å². The van der Waals surface area contributed by atoms with Crippen molar-refractivity contribution in [3.05, 3.63) is 29.7 Å². The fraction of sp³-hybridized carbons (Fsp3) is 0.462. The van der Waals surface area contributed by atoms with E-state index in [1.165, 1.54) is 0 Å². The Morgan fingerprint density at radius 1 is 1.33 bits per heavy atom. The zero-order valence-corrected chi connectivity index (χ0v) is 8.31. The Bertz CT molecular complexity index is 618. The van der Waals surface area contributed by atoms with Gasteiger partial charge < -0.3 is 5.32 Å². The summed E-state index contributed by atoms with van der Waals surface area (Å²) in [6.07, 6.45) is 2.73. The molecule has 0 radical (unpaired) electrons. The molecule has 1 fully saturated rings. The molecule has 1 aromatic rings. The average molecular weight is 206 g/mol. The smallest absolute Gasteiger partial charge is 0.228 e. The van der Waals surface area contributed by atoms with E-state index in [0.717, 1.165) is 12.8 Å². The molecule has 78 valence electrons. The van der Waals surface area contributed by atoms with Crippen molar-refractivity contribution in [1.82, 2.24) is 0 Å². The van der Waals surface area contributed by atoms with Crippen LogP contribution < -0.4 is 5.32 Å². The lowest BCUT2D eigenvalue weighted by atomic mass is 9.72. The molecule has 0 aromatic heterocycles. The van der Waals surface area contributed by atoms with E-state index in [4.69, 9.17) is 6.85 Å². The first-order valence-corrected chi connectivity index (χ1v) is 5.29. The van der Waals surface area contributed by atoms with E-state index in [1.807, 2.05) is 0 Å². The molecule has 1 aliphatic heterocycles. The first kappa shape index (κ1) is 5.15. The lowest BCUT2D eigenvalue weighted by Gasteiger charge is -2.36. The summed E-state index contributed by atoms with van der Waals surface area (Å²) in [5.74, 6) is -2.19. The van der Waals surface area contributed by atoms with Crippen molar-refractivity contribution < 1.29 is 11.6 Å². The van der Waals surface area contributed by atoms with Crippen LogP contribution >= 0.6 is 0 Å². The molecule has 2 nitrogen and oxygen atoms in total. The maximum Gasteiger partial charge on any atom is 0.228 e. The second-order valence-corrected chi connectivity index (χ2v) is 4.07. The largest absolute Gasteiger partial charge is 0.326 e. The van der Waals surface area contributed by atoms with Crippen LogP contribution in [0.1, 0.15) is 44.0 Å². The Morgan fingerprint density at radius 2 is 2.13 bits per heavy atom. The lowest BCUT2D eigenvalue weighted by Crippen LogP contribution is -2.35. The lowest BCUT2D eigenvalue weighted by molar-refractivity contribution is -0.121. The van der Waals surface area contributed by atoms with Crippen LogP contribution in [-0.2, 0) is 4.79 Å². The van der Waals surface area contributed by atoms with Crippen LogP contribution in [0, 0.1) is 5.89 Å². The molecule has 1 saturated carbocycles. The van der Waals surface area contributed by atoms with Crippen molar-refractivity contribution >= 4 is 11.6 Å². The van der Waals surface area contributed by atoms with Gasteiger partial charge in [-0.1, -0.05) is 31.0 Å². The molecule has 0 saturated heterocycles. The maximum atomic E-state index is 12.2. The quantitative estimate of drug-likeness (QED) is 0.694. The molecule has 0 bridgehead atoms. The molecule has 2 atom stereocenters. The Balaban J connectivity index is 2.29. The minimum absolute atomic E-state index is 0.121. The number of amides is 1. The van der Waals surface area contributed by atoms with Gasteiger partial charge >= 0.3 is 0 Å². The molecule has 0 spiro atoms. The molecule has 1 aliphatic carbocycles. The molecular formula is C13H15NO. The number of hydrogen-bond donors (Lipinski definition) is 1. The molecule has 1 heterocycles. The zero-order chi connectivity index (χ0) is 14.7. The molecule has 2 aliphatic rings. The second-order valence-electron chi connectivity index (χ2n) is 4.07. The first-order valence-electron chi connectivity index (χ1n) is 7.79. The van der Waals surface area contributed by atoms with E-state index in [-0.39, 0.29) is 29.9 Å². The fourth-order valence-electron chi connectivity index (χ4n) is 2.48. The number of rotatable bonds is 0. The van der Waals surface area contributed by atoms with Crippen LogP contribution in [0.5, 0.6) is 0 Å². The van der Waals surface area contributed by atoms with Gasteiger partial charge in [0.2, 0.25) is 5.91 Å². The van der Waals surface area contributed by atoms with Gasteiger partial charge in [0.05, 0.1) is 5.48 Å². The predicted octanol–water partition coefficient (Wildman–Crippen LogP) is 2.91. The predicted molar refractivity (Wildman–Crippen MR) is 59.8 cm³/mol. The minimum atomic E-state index is -1.30. The number of anilines is 1. The SMILES string of the molecule is [2H]c1c([2H])c([2H])c2c(c1[2H])NC(=O)[C@]1([2H])CCCC[C@@H]21. The third-order valence-electron chi connectivity index (χ3n) is 3.20. The van der Waals surface area contributed by atoms with Crippen LogP contribution in [0.4, 0.5) is 5.69 Å². The summed E-state index contributed by atoms with van der Waals surface area (Å²) < 4.78 is 39.9. The van der Waals surface area contributed by atoms with Crippen molar-refractivity contribution in [3.63, 3.8) is 0 Å². The molecule has 1 N–H and O–H groups in total. The van der Waals surface area contributed by atoms with E-state index in [1.54, 1.807) is 0 Å². The van der Waals surface area contributed by atoms with Gasteiger partial charge in [0.25, 0.3) is 0 Å². The van der Waals surface area contributed by atoms with E-state index in [0.29, 0.717) is 18.4 Å². The topological polar surface area (TPSA) is 29.1 Å². The van der Waals surface area contributed by atoms with Crippen LogP contribution in [0.3, 0.4) is 0 Å². The molecule has 2 heteroatoms. The number of nitrogens with one attached hydrogen (secondary N) is 1. The zero-order valence-electron chi connectivity index (χ0n) is 13.3. The minimum Gasteiger partial charge on any atom is -0.326 e. The number of para-hydroxylation sites is 1. The Hall–Kier alpha value is -1.31. The number of benzene rings is 1. The molecule has 1 aromatic carbocycles. The van der Waals surface area contributed by atoms with Gasteiger partial charge in [-0.3, -0.25) is 4.79 Å². The van der Waals surface area contributed by atoms with Crippen molar-refractivity contribution in [3.8, 4) is 0 Å². The van der Waals surface area contributed by atoms with E-state index < -0.39 is 17.7 Å². The second kappa shape index (κ2) is 3.37. The highest BCUT2D eigenvalue weighted by atomic mass is 16.2. The highest BCUT2D eigenvalue weighted by Gasteiger charge is 2.36. The summed E-state index contributed by atoms with van der Waals surface area (Å²) >= 11 is 0. The maximum absolute atomic E-state index is 12.2. The Labute approximate surface area is 96.7 Å². The summed E-state index contributed by atoms with van der Waals surface area (Å²) in [7, 11) is 0. The van der Waals surface area contributed by atoms with Gasteiger partial charge in [-0.05, 0) is 30.4 Å². The van der Waals surface area contributed by atoms with E-state index in [2.05, 4.69) is 5.32 Å². The van der Waals surface area contributed by atoms with Gasteiger partial charge in [0, 0.05) is 13.0 Å².